The Hall–Kier alpha value is -1.59. The summed E-state index contributed by atoms with van der Waals surface area (Å²) in [5.41, 5.74) is 0. The van der Waals surface area contributed by atoms with E-state index in [0.717, 1.165) is 6.42 Å². The molecule has 21 heavy (non-hydrogen) atoms. The van der Waals surface area contributed by atoms with Crippen molar-refractivity contribution in [2.75, 3.05) is 13.1 Å². The maximum absolute atomic E-state index is 11.6. The van der Waals surface area contributed by atoms with Gasteiger partial charge >= 0.3 is 5.97 Å². The van der Waals surface area contributed by atoms with Crippen LogP contribution in [0.3, 0.4) is 0 Å². The third-order valence-corrected chi connectivity index (χ3v) is 3.75. The third kappa shape index (κ3) is 6.60. The van der Waals surface area contributed by atoms with E-state index in [-0.39, 0.29) is 36.6 Å². The van der Waals surface area contributed by atoms with E-state index < -0.39 is 11.9 Å². The minimum Gasteiger partial charge on any atom is -0.481 e. The second kappa shape index (κ2) is 8.00. The molecule has 1 saturated carbocycles. The van der Waals surface area contributed by atoms with E-state index in [0.29, 0.717) is 18.9 Å². The van der Waals surface area contributed by atoms with Crippen molar-refractivity contribution < 1.29 is 19.5 Å². The number of rotatable bonds is 9. The van der Waals surface area contributed by atoms with Crippen LogP contribution in [-0.4, -0.2) is 36.0 Å². The van der Waals surface area contributed by atoms with E-state index in [1.54, 1.807) is 0 Å². The molecular formula is C15H26N2O4. The summed E-state index contributed by atoms with van der Waals surface area (Å²) in [5.74, 6) is -0.840. The Morgan fingerprint density at radius 1 is 1.24 bits per heavy atom. The fraction of sp³-hybridized carbons (Fsp3) is 0.800. The molecule has 0 aromatic carbocycles. The van der Waals surface area contributed by atoms with E-state index in [2.05, 4.69) is 10.6 Å². The Bertz CT molecular complexity index is 395. The number of hydrogen-bond donors (Lipinski definition) is 3. The average Bonchev–Trinajstić information content (AvgIpc) is 3.11. The monoisotopic (exact) mass is 298 g/mol. The van der Waals surface area contributed by atoms with Crippen LogP contribution >= 0.6 is 0 Å². The lowest BCUT2D eigenvalue weighted by Crippen LogP contribution is -2.36. The molecule has 1 rings (SSSR count). The molecule has 0 aromatic rings. The van der Waals surface area contributed by atoms with Gasteiger partial charge in [0, 0.05) is 25.4 Å². The van der Waals surface area contributed by atoms with Crippen LogP contribution in [-0.2, 0) is 14.4 Å². The normalized spacial score (nSPS) is 21.7. The van der Waals surface area contributed by atoms with Gasteiger partial charge in [-0.2, -0.15) is 0 Å². The van der Waals surface area contributed by atoms with Crippen LogP contribution in [0.15, 0.2) is 0 Å². The van der Waals surface area contributed by atoms with Crippen LogP contribution in [0.4, 0.5) is 0 Å². The topological polar surface area (TPSA) is 95.5 Å². The molecule has 3 atom stereocenters. The number of carboxylic acid groups (broad SMARTS) is 1. The molecule has 1 aliphatic carbocycles. The fourth-order valence-corrected chi connectivity index (χ4v) is 2.28. The number of nitrogens with one attached hydrogen (secondary N) is 2. The highest BCUT2D eigenvalue weighted by molar-refractivity contribution is 5.82. The lowest BCUT2D eigenvalue weighted by atomic mass is 9.97. The van der Waals surface area contributed by atoms with Gasteiger partial charge in [0.1, 0.15) is 0 Å². The fourth-order valence-electron chi connectivity index (χ4n) is 2.28. The standard InChI is InChI=1S/C15H26N2O4/c1-9(2)6-11(15(20)21)8-17-13(18)4-5-16-14(19)12-7-10(12)3/h9-12H,4-8H2,1-3H3,(H,16,19)(H,17,18)(H,20,21). The first-order valence-corrected chi connectivity index (χ1v) is 7.58. The molecule has 0 heterocycles. The van der Waals surface area contributed by atoms with Crippen molar-refractivity contribution in [1.82, 2.24) is 10.6 Å². The second-order valence-corrected chi connectivity index (χ2v) is 6.33. The van der Waals surface area contributed by atoms with Gasteiger partial charge in [0.25, 0.3) is 0 Å². The summed E-state index contributed by atoms with van der Waals surface area (Å²) in [6, 6.07) is 0. The van der Waals surface area contributed by atoms with Gasteiger partial charge in [-0.1, -0.05) is 20.8 Å². The number of hydrogen-bond acceptors (Lipinski definition) is 3. The number of carbonyl (C=O) groups excluding carboxylic acids is 2. The van der Waals surface area contributed by atoms with Gasteiger partial charge in [0.2, 0.25) is 11.8 Å². The first-order chi connectivity index (χ1) is 9.81. The lowest BCUT2D eigenvalue weighted by Gasteiger charge is -2.15. The largest absolute Gasteiger partial charge is 0.481 e. The predicted octanol–water partition coefficient (Wildman–Crippen LogP) is 1.01. The van der Waals surface area contributed by atoms with E-state index in [1.165, 1.54) is 0 Å². The number of amides is 2. The summed E-state index contributed by atoms with van der Waals surface area (Å²) >= 11 is 0. The van der Waals surface area contributed by atoms with Crippen molar-refractivity contribution in [1.29, 1.82) is 0 Å². The molecule has 3 N–H and O–H groups in total. The van der Waals surface area contributed by atoms with Crippen LogP contribution in [0.1, 0.15) is 40.0 Å². The second-order valence-electron chi connectivity index (χ2n) is 6.33. The van der Waals surface area contributed by atoms with Crippen molar-refractivity contribution in [3.63, 3.8) is 0 Å². The molecule has 0 bridgehead atoms. The SMILES string of the molecule is CC(C)CC(CNC(=O)CCNC(=O)C1CC1C)C(=O)O. The highest BCUT2D eigenvalue weighted by Crippen LogP contribution is 2.37. The van der Waals surface area contributed by atoms with Gasteiger partial charge < -0.3 is 15.7 Å². The molecule has 6 nitrogen and oxygen atoms in total. The Morgan fingerprint density at radius 2 is 1.86 bits per heavy atom. The Labute approximate surface area is 125 Å². The van der Waals surface area contributed by atoms with Crippen LogP contribution in [0.25, 0.3) is 0 Å². The molecule has 0 saturated heterocycles. The average molecular weight is 298 g/mol. The maximum atomic E-state index is 11.6. The molecular weight excluding hydrogens is 272 g/mol. The first kappa shape index (κ1) is 17.5. The molecule has 120 valence electrons. The minimum absolute atomic E-state index is 0.0125. The van der Waals surface area contributed by atoms with E-state index >= 15 is 0 Å². The van der Waals surface area contributed by atoms with Crippen molar-refractivity contribution in [2.24, 2.45) is 23.7 Å². The van der Waals surface area contributed by atoms with Crippen molar-refractivity contribution in [3.8, 4) is 0 Å². The minimum atomic E-state index is -0.889. The van der Waals surface area contributed by atoms with E-state index in [1.807, 2.05) is 20.8 Å². The zero-order valence-electron chi connectivity index (χ0n) is 13.0. The molecule has 6 heteroatoms. The zero-order valence-corrected chi connectivity index (χ0v) is 13.0. The first-order valence-electron chi connectivity index (χ1n) is 7.58. The maximum Gasteiger partial charge on any atom is 0.308 e. The van der Waals surface area contributed by atoms with Gasteiger partial charge in [-0.3, -0.25) is 14.4 Å². The van der Waals surface area contributed by atoms with Crippen LogP contribution in [0, 0.1) is 23.7 Å². The van der Waals surface area contributed by atoms with Gasteiger partial charge in [-0.15, -0.1) is 0 Å². The summed E-state index contributed by atoms with van der Waals surface area (Å²) in [7, 11) is 0. The highest BCUT2D eigenvalue weighted by atomic mass is 16.4. The van der Waals surface area contributed by atoms with Crippen LogP contribution in [0.2, 0.25) is 0 Å². The number of carboxylic acids is 1. The Morgan fingerprint density at radius 3 is 2.33 bits per heavy atom. The smallest absolute Gasteiger partial charge is 0.308 e. The van der Waals surface area contributed by atoms with Gasteiger partial charge in [0.05, 0.1) is 5.92 Å². The summed E-state index contributed by atoms with van der Waals surface area (Å²) in [4.78, 5) is 34.2. The quantitative estimate of drug-likeness (QED) is 0.592. The van der Waals surface area contributed by atoms with Crippen LogP contribution in [0.5, 0.6) is 0 Å². The Balaban J connectivity index is 2.17. The molecule has 0 radical (unpaired) electrons. The van der Waals surface area contributed by atoms with Crippen molar-refractivity contribution in [2.45, 2.75) is 40.0 Å². The lowest BCUT2D eigenvalue weighted by molar-refractivity contribution is -0.142. The Kier molecular flexibility index (Phi) is 6.65. The predicted molar refractivity (Wildman–Crippen MR) is 78.5 cm³/mol. The van der Waals surface area contributed by atoms with Gasteiger partial charge in [-0.25, -0.2) is 0 Å². The van der Waals surface area contributed by atoms with Crippen LogP contribution < -0.4 is 10.6 Å². The molecule has 0 aromatic heterocycles. The summed E-state index contributed by atoms with van der Waals surface area (Å²) < 4.78 is 0. The van der Waals surface area contributed by atoms with E-state index in [4.69, 9.17) is 5.11 Å². The van der Waals surface area contributed by atoms with Gasteiger partial charge in [-0.05, 0) is 24.7 Å². The summed E-state index contributed by atoms with van der Waals surface area (Å²) in [5, 5.41) is 14.4. The molecule has 2 amide bonds. The van der Waals surface area contributed by atoms with E-state index in [9.17, 15) is 14.4 Å². The van der Waals surface area contributed by atoms with Crippen molar-refractivity contribution >= 4 is 17.8 Å². The number of carbonyl (C=O) groups is 3. The number of aliphatic carboxylic acids is 1. The summed E-state index contributed by atoms with van der Waals surface area (Å²) in [6.07, 6.45) is 1.64. The summed E-state index contributed by atoms with van der Waals surface area (Å²) in [6.45, 7) is 6.37. The third-order valence-electron chi connectivity index (χ3n) is 3.75. The molecule has 0 spiro atoms. The van der Waals surface area contributed by atoms with Gasteiger partial charge in [0.15, 0.2) is 0 Å². The van der Waals surface area contributed by atoms with Crippen molar-refractivity contribution in [3.05, 3.63) is 0 Å². The molecule has 1 fully saturated rings. The molecule has 0 aliphatic heterocycles. The highest BCUT2D eigenvalue weighted by Gasteiger charge is 2.38. The zero-order chi connectivity index (χ0) is 16.0. The molecule has 3 unspecified atom stereocenters. The molecule has 1 aliphatic rings.